The van der Waals surface area contributed by atoms with Gasteiger partial charge in [0.2, 0.25) is 11.9 Å². The van der Waals surface area contributed by atoms with Gasteiger partial charge in [-0.1, -0.05) is 48.5 Å². The normalized spacial score (nSPS) is 16.9. The fourth-order valence-electron chi connectivity index (χ4n) is 6.13. The number of benzene rings is 3. The maximum atomic E-state index is 13.8. The van der Waals surface area contributed by atoms with Crippen LogP contribution in [-0.4, -0.2) is 55.9 Å². The van der Waals surface area contributed by atoms with Gasteiger partial charge in [-0.25, -0.2) is 9.97 Å². The van der Waals surface area contributed by atoms with Crippen LogP contribution in [0.4, 0.5) is 5.95 Å². The Morgan fingerprint density at radius 3 is 2.45 bits per heavy atom. The SMILES string of the molecule is NC(=O)C1CCCN1Cc1cccc(CCO)c1-c1ccc2nc(N)nc(C(=O)N3Cc4ccccc4C3)c2c1. The molecule has 40 heavy (non-hydrogen) atoms. The Morgan fingerprint density at radius 2 is 1.73 bits per heavy atom. The van der Waals surface area contributed by atoms with Gasteiger partial charge in [0.15, 0.2) is 0 Å². The minimum absolute atomic E-state index is 0.00341. The summed E-state index contributed by atoms with van der Waals surface area (Å²) in [7, 11) is 0. The number of nitrogens with two attached hydrogens (primary N) is 2. The number of aliphatic hydroxyl groups is 1. The molecule has 1 unspecified atom stereocenters. The van der Waals surface area contributed by atoms with Gasteiger partial charge in [-0.2, -0.15) is 0 Å². The molecule has 2 aliphatic rings. The molecule has 0 saturated carbocycles. The molecular formula is C31H32N6O3. The summed E-state index contributed by atoms with van der Waals surface area (Å²) in [4.78, 5) is 38.6. The summed E-state index contributed by atoms with van der Waals surface area (Å²) in [5.74, 6) is -0.455. The molecule has 1 aromatic heterocycles. The second-order valence-corrected chi connectivity index (χ2v) is 10.5. The molecule has 0 spiro atoms. The largest absolute Gasteiger partial charge is 0.396 e. The van der Waals surface area contributed by atoms with Crippen molar-refractivity contribution in [1.29, 1.82) is 0 Å². The van der Waals surface area contributed by atoms with Gasteiger partial charge in [-0.15, -0.1) is 0 Å². The smallest absolute Gasteiger partial charge is 0.273 e. The molecule has 2 aliphatic heterocycles. The second kappa shape index (κ2) is 10.7. The summed E-state index contributed by atoms with van der Waals surface area (Å²) in [6, 6.07) is 19.5. The average Bonchev–Trinajstić information content (AvgIpc) is 3.60. The van der Waals surface area contributed by atoms with Crippen LogP contribution in [0.3, 0.4) is 0 Å². The number of fused-ring (bicyclic) bond motifs is 2. The van der Waals surface area contributed by atoms with Crippen LogP contribution < -0.4 is 11.5 Å². The summed E-state index contributed by atoms with van der Waals surface area (Å²) in [5.41, 5.74) is 18.7. The summed E-state index contributed by atoms with van der Waals surface area (Å²) in [6.45, 7) is 2.37. The first-order valence-corrected chi connectivity index (χ1v) is 13.6. The van der Waals surface area contributed by atoms with Gasteiger partial charge in [-0.3, -0.25) is 14.5 Å². The Bertz CT molecular complexity index is 1600. The number of aromatic nitrogens is 2. The molecule has 2 amide bonds. The third kappa shape index (κ3) is 4.78. The van der Waals surface area contributed by atoms with Crippen molar-refractivity contribution in [3.63, 3.8) is 0 Å². The van der Waals surface area contributed by atoms with E-state index in [-0.39, 0.29) is 36.1 Å². The number of primary amides is 1. The summed E-state index contributed by atoms with van der Waals surface area (Å²) < 4.78 is 0. The Labute approximate surface area is 232 Å². The molecule has 0 radical (unpaired) electrons. The van der Waals surface area contributed by atoms with E-state index >= 15 is 0 Å². The summed E-state index contributed by atoms with van der Waals surface area (Å²) in [6.07, 6.45) is 2.14. The first-order valence-electron chi connectivity index (χ1n) is 13.6. The number of hydrogen-bond donors (Lipinski definition) is 3. The number of hydrogen-bond acceptors (Lipinski definition) is 7. The number of aliphatic hydroxyl groups excluding tert-OH is 1. The van der Waals surface area contributed by atoms with Crippen molar-refractivity contribution in [2.45, 2.75) is 44.9 Å². The topological polar surface area (TPSA) is 139 Å². The maximum absolute atomic E-state index is 13.8. The highest BCUT2D eigenvalue weighted by Gasteiger charge is 2.30. The van der Waals surface area contributed by atoms with Gasteiger partial charge in [0.05, 0.1) is 11.6 Å². The van der Waals surface area contributed by atoms with Crippen molar-refractivity contribution in [2.75, 3.05) is 18.9 Å². The lowest BCUT2D eigenvalue weighted by atomic mass is 9.91. The van der Waals surface area contributed by atoms with Gasteiger partial charge >= 0.3 is 0 Å². The van der Waals surface area contributed by atoms with Crippen LogP contribution in [0.2, 0.25) is 0 Å². The number of carbonyl (C=O) groups is 2. The summed E-state index contributed by atoms with van der Waals surface area (Å²) >= 11 is 0. The van der Waals surface area contributed by atoms with Crippen LogP contribution in [0, 0.1) is 0 Å². The molecule has 0 aliphatic carbocycles. The maximum Gasteiger partial charge on any atom is 0.273 e. The minimum Gasteiger partial charge on any atom is -0.396 e. The molecule has 9 heteroatoms. The number of carbonyl (C=O) groups excluding carboxylic acids is 2. The highest BCUT2D eigenvalue weighted by Crippen LogP contribution is 2.34. The predicted octanol–water partition coefficient (Wildman–Crippen LogP) is 3.02. The van der Waals surface area contributed by atoms with Crippen LogP contribution in [-0.2, 0) is 30.8 Å². The van der Waals surface area contributed by atoms with E-state index in [1.165, 1.54) is 0 Å². The van der Waals surface area contributed by atoms with Gasteiger partial charge in [0.1, 0.15) is 5.69 Å². The number of likely N-dealkylation sites (tertiary alicyclic amines) is 1. The Kier molecular flexibility index (Phi) is 6.91. The van der Waals surface area contributed by atoms with E-state index in [2.05, 4.69) is 14.9 Å². The molecule has 9 nitrogen and oxygen atoms in total. The quantitative estimate of drug-likeness (QED) is 0.330. The molecule has 1 fully saturated rings. The zero-order chi connectivity index (χ0) is 27.8. The van der Waals surface area contributed by atoms with E-state index in [1.807, 2.05) is 60.7 Å². The van der Waals surface area contributed by atoms with E-state index in [0.717, 1.165) is 52.8 Å². The van der Waals surface area contributed by atoms with Crippen LogP contribution in [0.25, 0.3) is 22.0 Å². The molecule has 6 rings (SSSR count). The molecule has 3 aromatic carbocycles. The first kappa shape index (κ1) is 25.9. The molecule has 5 N–H and O–H groups in total. The number of amides is 2. The number of nitrogens with zero attached hydrogens (tertiary/aromatic N) is 4. The van der Waals surface area contributed by atoms with Crippen molar-refractivity contribution < 1.29 is 14.7 Å². The minimum atomic E-state index is -0.307. The van der Waals surface area contributed by atoms with E-state index in [4.69, 9.17) is 11.5 Å². The van der Waals surface area contributed by atoms with E-state index < -0.39 is 0 Å². The van der Waals surface area contributed by atoms with Crippen molar-refractivity contribution in [3.8, 4) is 11.1 Å². The zero-order valence-electron chi connectivity index (χ0n) is 22.2. The average molecular weight is 537 g/mol. The predicted molar refractivity (Wildman–Crippen MR) is 153 cm³/mol. The summed E-state index contributed by atoms with van der Waals surface area (Å²) in [5, 5.41) is 10.5. The molecule has 4 aromatic rings. The van der Waals surface area contributed by atoms with Crippen molar-refractivity contribution in [3.05, 3.63) is 88.6 Å². The fourth-order valence-corrected chi connectivity index (χ4v) is 6.13. The van der Waals surface area contributed by atoms with Crippen molar-refractivity contribution in [2.24, 2.45) is 5.73 Å². The zero-order valence-corrected chi connectivity index (χ0v) is 22.2. The number of anilines is 1. The van der Waals surface area contributed by atoms with Gasteiger partial charge in [-0.05, 0) is 71.3 Å². The van der Waals surface area contributed by atoms with Crippen LogP contribution >= 0.6 is 0 Å². The lowest BCUT2D eigenvalue weighted by Crippen LogP contribution is -2.39. The van der Waals surface area contributed by atoms with Crippen molar-refractivity contribution >= 4 is 28.7 Å². The molecule has 0 bridgehead atoms. The lowest BCUT2D eigenvalue weighted by molar-refractivity contribution is -0.122. The third-order valence-electron chi connectivity index (χ3n) is 8.02. The molecule has 3 heterocycles. The van der Waals surface area contributed by atoms with Crippen LogP contribution in [0.1, 0.15) is 45.6 Å². The molecule has 1 saturated heterocycles. The Balaban J connectivity index is 1.43. The van der Waals surface area contributed by atoms with E-state index in [1.54, 1.807) is 4.90 Å². The van der Waals surface area contributed by atoms with Gasteiger partial charge in [0, 0.05) is 31.6 Å². The van der Waals surface area contributed by atoms with Crippen LogP contribution in [0.5, 0.6) is 0 Å². The standard InChI is InChI=1S/C31H32N6O3/c32-29(39)26-9-4-13-36(26)18-23-8-3-7-19(12-14-38)27(23)20-10-11-25-24(15-20)28(35-31(33)34-25)30(40)37-16-21-5-1-2-6-22(21)17-37/h1-3,5-8,10-11,15,26,38H,4,9,12-14,16-18H2,(H2,32,39)(H2,33,34,35). The lowest BCUT2D eigenvalue weighted by Gasteiger charge is -2.24. The van der Waals surface area contributed by atoms with E-state index in [9.17, 15) is 14.7 Å². The third-order valence-corrected chi connectivity index (χ3v) is 8.02. The van der Waals surface area contributed by atoms with Gasteiger partial charge in [0.25, 0.3) is 5.91 Å². The molecule has 204 valence electrons. The number of nitrogen functional groups attached to an aromatic ring is 1. The first-order chi connectivity index (χ1) is 19.4. The highest BCUT2D eigenvalue weighted by atomic mass is 16.3. The molecular weight excluding hydrogens is 504 g/mol. The van der Waals surface area contributed by atoms with Crippen molar-refractivity contribution in [1.82, 2.24) is 19.8 Å². The molecule has 1 atom stereocenters. The highest BCUT2D eigenvalue weighted by molar-refractivity contribution is 6.06. The van der Waals surface area contributed by atoms with E-state index in [0.29, 0.717) is 37.0 Å². The monoisotopic (exact) mass is 536 g/mol. The fraction of sp³-hybridized carbons (Fsp3) is 0.290. The Hall–Kier alpha value is -4.34. The number of rotatable bonds is 7. The van der Waals surface area contributed by atoms with Gasteiger partial charge < -0.3 is 21.5 Å². The second-order valence-electron chi connectivity index (χ2n) is 10.5. The Morgan fingerprint density at radius 1 is 0.975 bits per heavy atom. The van der Waals surface area contributed by atoms with Crippen LogP contribution in [0.15, 0.2) is 60.7 Å².